The maximum absolute atomic E-state index is 6.60. The highest BCUT2D eigenvalue weighted by molar-refractivity contribution is 6.30. The van der Waals surface area contributed by atoms with Crippen LogP contribution in [-0.2, 0) is 0 Å². The quantitative estimate of drug-likeness (QED) is 0.308. The molecule has 1 aliphatic carbocycles. The first kappa shape index (κ1) is 23.1. The summed E-state index contributed by atoms with van der Waals surface area (Å²) in [5.74, 6) is 7.82. The number of halogens is 1. The van der Waals surface area contributed by atoms with Crippen molar-refractivity contribution in [2.24, 2.45) is 11.7 Å². The minimum absolute atomic E-state index is 0.183. The van der Waals surface area contributed by atoms with Crippen molar-refractivity contribution in [3.63, 3.8) is 0 Å². The molecule has 33 heavy (non-hydrogen) atoms. The smallest absolute Gasteiger partial charge is 0.122 e. The fourth-order valence-electron chi connectivity index (χ4n) is 4.06. The van der Waals surface area contributed by atoms with Gasteiger partial charge >= 0.3 is 0 Å². The highest BCUT2D eigenvalue weighted by atomic mass is 35.5. The third-order valence-electron chi connectivity index (χ3n) is 6.19. The van der Waals surface area contributed by atoms with Crippen molar-refractivity contribution in [2.75, 3.05) is 6.61 Å². The van der Waals surface area contributed by atoms with Gasteiger partial charge in [0.25, 0.3) is 0 Å². The third kappa shape index (κ3) is 6.05. The van der Waals surface area contributed by atoms with E-state index in [-0.39, 0.29) is 5.54 Å². The van der Waals surface area contributed by atoms with Crippen LogP contribution in [0.5, 0.6) is 5.75 Å². The summed E-state index contributed by atoms with van der Waals surface area (Å²) < 4.78 is 6.05. The minimum Gasteiger partial charge on any atom is -0.493 e. The predicted octanol–water partition coefficient (Wildman–Crippen LogP) is 6.56. The number of hydrogen-bond acceptors (Lipinski definition) is 3. The van der Waals surface area contributed by atoms with E-state index in [4.69, 9.17) is 22.1 Å². The molecule has 1 unspecified atom stereocenters. The molecule has 168 valence electrons. The number of nitrogens with two attached hydrogens (primary N) is 1. The molecule has 0 bridgehead atoms. The lowest BCUT2D eigenvalue weighted by molar-refractivity contribution is 0.239. The maximum atomic E-state index is 6.60. The number of rotatable bonds is 8. The van der Waals surface area contributed by atoms with E-state index in [0.29, 0.717) is 12.5 Å². The van der Waals surface area contributed by atoms with Crippen LogP contribution in [0.2, 0.25) is 5.02 Å². The number of nitrogens with zero attached hydrogens (tertiary/aromatic N) is 1. The monoisotopic (exact) mass is 456 g/mol. The number of aryl methyl sites for hydroxylation is 1. The van der Waals surface area contributed by atoms with Gasteiger partial charge in [0.1, 0.15) is 11.4 Å². The van der Waals surface area contributed by atoms with E-state index in [9.17, 15) is 0 Å². The molecule has 3 aromatic rings. The minimum atomic E-state index is -0.183. The van der Waals surface area contributed by atoms with Crippen molar-refractivity contribution < 1.29 is 4.74 Å². The number of pyridine rings is 1. The van der Waals surface area contributed by atoms with Gasteiger partial charge in [0.05, 0.1) is 6.61 Å². The van der Waals surface area contributed by atoms with Crippen molar-refractivity contribution in [3.8, 4) is 28.7 Å². The molecule has 0 aliphatic heterocycles. The molecule has 0 amide bonds. The Bertz CT molecular complexity index is 1170. The van der Waals surface area contributed by atoms with Crippen molar-refractivity contribution in [2.45, 2.75) is 38.1 Å². The van der Waals surface area contributed by atoms with Crippen molar-refractivity contribution in [1.29, 1.82) is 0 Å². The first-order chi connectivity index (χ1) is 16.0. The van der Waals surface area contributed by atoms with Crippen LogP contribution in [0, 0.1) is 24.7 Å². The molecule has 1 heterocycles. The molecule has 0 saturated heterocycles. The molecule has 1 aromatic heterocycles. The van der Waals surface area contributed by atoms with Crippen LogP contribution in [0.15, 0.2) is 73.4 Å². The molecule has 0 spiro atoms. The lowest BCUT2D eigenvalue weighted by Crippen LogP contribution is -2.43. The number of ether oxygens (including phenoxy) is 1. The Labute approximate surface area is 201 Å². The van der Waals surface area contributed by atoms with Gasteiger partial charge in [-0.15, -0.1) is 6.58 Å². The molecule has 4 heteroatoms. The van der Waals surface area contributed by atoms with Gasteiger partial charge in [0.15, 0.2) is 0 Å². The van der Waals surface area contributed by atoms with Crippen LogP contribution in [0.1, 0.15) is 42.5 Å². The van der Waals surface area contributed by atoms with Crippen molar-refractivity contribution >= 4 is 11.6 Å². The number of hydrogen-bond donors (Lipinski definition) is 1. The predicted molar refractivity (Wildman–Crippen MR) is 136 cm³/mol. The second-order valence-corrected chi connectivity index (χ2v) is 9.20. The second-order valence-electron chi connectivity index (χ2n) is 8.77. The topological polar surface area (TPSA) is 48.1 Å². The second kappa shape index (κ2) is 10.3. The zero-order valence-electron chi connectivity index (χ0n) is 19.0. The lowest BCUT2D eigenvalue weighted by Gasteiger charge is -2.28. The van der Waals surface area contributed by atoms with Crippen molar-refractivity contribution in [1.82, 2.24) is 4.98 Å². The molecule has 1 saturated carbocycles. The Balaban J connectivity index is 1.36. The van der Waals surface area contributed by atoms with E-state index in [2.05, 4.69) is 23.4 Å². The zero-order valence-corrected chi connectivity index (χ0v) is 19.7. The summed E-state index contributed by atoms with van der Waals surface area (Å²) in [6, 6.07) is 17.7. The zero-order chi connectivity index (χ0) is 23.3. The molecule has 2 aromatic carbocycles. The summed E-state index contributed by atoms with van der Waals surface area (Å²) in [6.07, 6.45) is 7.87. The van der Waals surface area contributed by atoms with Crippen molar-refractivity contribution in [3.05, 3.63) is 95.3 Å². The SMILES string of the molecule is C=CCC(N)(CCOc1ccc(C#Cc2ccc(-c3ccc(Cl)cc3)cn2)cc1C)C1CC1. The van der Waals surface area contributed by atoms with Crippen LogP contribution in [0.3, 0.4) is 0 Å². The van der Waals surface area contributed by atoms with Gasteiger partial charge in [-0.25, -0.2) is 4.98 Å². The average molecular weight is 457 g/mol. The van der Waals surface area contributed by atoms with Crippen LogP contribution in [0.25, 0.3) is 11.1 Å². The maximum Gasteiger partial charge on any atom is 0.122 e. The standard InChI is InChI=1S/C29H29ClN2O/c1-3-16-29(31,25-9-10-25)17-18-33-28-15-5-22(19-21(28)2)4-13-27-14-8-24(20-32-27)23-6-11-26(30)12-7-23/h3,5-8,11-12,14-15,19-20,25H,1,9-10,16-18,31H2,2H3. The fourth-order valence-corrected chi connectivity index (χ4v) is 4.18. The van der Waals surface area contributed by atoms with E-state index in [1.807, 2.05) is 73.8 Å². The summed E-state index contributed by atoms with van der Waals surface area (Å²) in [6.45, 7) is 6.51. The summed E-state index contributed by atoms with van der Waals surface area (Å²) in [4.78, 5) is 4.48. The summed E-state index contributed by atoms with van der Waals surface area (Å²) in [5.41, 5.74) is 11.2. The normalized spacial score (nSPS) is 14.6. The Morgan fingerprint density at radius 2 is 1.88 bits per heavy atom. The highest BCUT2D eigenvalue weighted by Crippen LogP contribution is 2.42. The highest BCUT2D eigenvalue weighted by Gasteiger charge is 2.40. The Morgan fingerprint density at radius 3 is 2.52 bits per heavy atom. The average Bonchev–Trinajstić information content (AvgIpc) is 3.66. The van der Waals surface area contributed by atoms with Crippen LogP contribution in [0.4, 0.5) is 0 Å². The molecule has 0 radical (unpaired) electrons. The molecule has 2 N–H and O–H groups in total. The van der Waals surface area contributed by atoms with E-state index >= 15 is 0 Å². The van der Waals surface area contributed by atoms with Gasteiger partial charge < -0.3 is 10.5 Å². The van der Waals surface area contributed by atoms with E-state index < -0.39 is 0 Å². The molecule has 3 nitrogen and oxygen atoms in total. The lowest BCUT2D eigenvalue weighted by atomic mass is 9.87. The van der Waals surface area contributed by atoms with Gasteiger partial charge in [0, 0.05) is 27.9 Å². The molecular formula is C29H29ClN2O. The Kier molecular flexibility index (Phi) is 7.18. The van der Waals surface area contributed by atoms with Gasteiger partial charge in [-0.05, 0) is 92.0 Å². The van der Waals surface area contributed by atoms with E-state index in [0.717, 1.165) is 51.6 Å². The Hall–Kier alpha value is -3.06. The summed E-state index contributed by atoms with van der Waals surface area (Å²) in [5, 5.41) is 0.722. The van der Waals surface area contributed by atoms with E-state index in [1.54, 1.807) is 0 Å². The largest absolute Gasteiger partial charge is 0.493 e. The molecule has 1 fully saturated rings. The molecule has 4 rings (SSSR count). The molecule has 1 aliphatic rings. The first-order valence-corrected chi connectivity index (χ1v) is 11.7. The Morgan fingerprint density at radius 1 is 1.12 bits per heavy atom. The van der Waals surface area contributed by atoms with Crippen LogP contribution < -0.4 is 10.5 Å². The third-order valence-corrected chi connectivity index (χ3v) is 6.44. The summed E-state index contributed by atoms with van der Waals surface area (Å²) in [7, 11) is 0. The summed E-state index contributed by atoms with van der Waals surface area (Å²) >= 11 is 5.96. The molecular weight excluding hydrogens is 428 g/mol. The number of aromatic nitrogens is 1. The fraction of sp³-hybridized carbons (Fsp3) is 0.276. The van der Waals surface area contributed by atoms with Gasteiger partial charge in [-0.1, -0.05) is 41.8 Å². The number of benzene rings is 2. The first-order valence-electron chi connectivity index (χ1n) is 11.3. The van der Waals surface area contributed by atoms with Crippen LogP contribution in [-0.4, -0.2) is 17.1 Å². The van der Waals surface area contributed by atoms with Gasteiger partial charge in [-0.2, -0.15) is 0 Å². The molecule has 1 atom stereocenters. The van der Waals surface area contributed by atoms with E-state index in [1.165, 1.54) is 12.8 Å². The van der Waals surface area contributed by atoms with Crippen LogP contribution >= 0.6 is 11.6 Å². The van der Waals surface area contributed by atoms with Gasteiger partial charge in [0.2, 0.25) is 0 Å². The van der Waals surface area contributed by atoms with Gasteiger partial charge in [-0.3, -0.25) is 0 Å².